The molecule has 0 heterocycles. The van der Waals surface area contributed by atoms with E-state index < -0.39 is 55.5 Å². The number of amides is 4. The zero-order chi connectivity index (χ0) is 24.8. The number of hydrogen-bond donors (Lipinski definition) is 5. The predicted octanol–water partition coefficient (Wildman–Crippen LogP) is -0.0427. The molecule has 2 aromatic rings. The molecular weight excluding hydrogens is 444 g/mol. The van der Waals surface area contributed by atoms with Crippen molar-refractivity contribution < 1.29 is 33.8 Å². The van der Waals surface area contributed by atoms with Gasteiger partial charge in [0.1, 0.15) is 25.7 Å². The molecule has 0 aromatic heterocycles. The van der Waals surface area contributed by atoms with Crippen LogP contribution in [-0.4, -0.2) is 60.6 Å². The van der Waals surface area contributed by atoms with Crippen molar-refractivity contribution >= 4 is 29.8 Å². The Labute approximate surface area is 195 Å². The van der Waals surface area contributed by atoms with E-state index in [1.54, 1.807) is 54.6 Å². The van der Waals surface area contributed by atoms with Crippen molar-refractivity contribution in [2.24, 2.45) is 0 Å². The molecule has 0 fully saturated rings. The average Bonchev–Trinajstić information content (AvgIpc) is 2.84. The van der Waals surface area contributed by atoms with E-state index in [1.165, 1.54) is 0 Å². The van der Waals surface area contributed by atoms with E-state index in [9.17, 15) is 24.0 Å². The normalized spacial score (nSPS) is 10.9. The van der Waals surface area contributed by atoms with Crippen LogP contribution in [-0.2, 0) is 36.9 Å². The van der Waals surface area contributed by atoms with Crippen molar-refractivity contribution in [3.05, 3.63) is 71.8 Å². The summed E-state index contributed by atoms with van der Waals surface area (Å²) in [5, 5.41) is 18.1. The van der Waals surface area contributed by atoms with Gasteiger partial charge >= 0.3 is 12.1 Å². The maximum atomic E-state index is 12.3. The zero-order valence-electron chi connectivity index (χ0n) is 18.3. The van der Waals surface area contributed by atoms with Gasteiger partial charge in [0.25, 0.3) is 0 Å². The van der Waals surface area contributed by atoms with Gasteiger partial charge in [0.2, 0.25) is 17.7 Å². The highest BCUT2D eigenvalue weighted by Gasteiger charge is 2.22. The predicted molar refractivity (Wildman–Crippen MR) is 120 cm³/mol. The number of ether oxygens (including phenoxy) is 1. The Hall–Kier alpha value is -4.41. The van der Waals surface area contributed by atoms with Gasteiger partial charge in [-0.25, -0.2) is 4.79 Å². The van der Waals surface area contributed by atoms with Crippen LogP contribution >= 0.6 is 0 Å². The quantitative estimate of drug-likeness (QED) is 0.290. The van der Waals surface area contributed by atoms with Crippen molar-refractivity contribution in [1.82, 2.24) is 21.3 Å². The lowest BCUT2D eigenvalue weighted by atomic mass is 10.1. The van der Waals surface area contributed by atoms with Crippen molar-refractivity contribution in [3.8, 4) is 0 Å². The van der Waals surface area contributed by atoms with Gasteiger partial charge in [-0.3, -0.25) is 19.2 Å². The van der Waals surface area contributed by atoms with Crippen LogP contribution in [0, 0.1) is 0 Å². The number of benzene rings is 2. The molecule has 4 amide bonds. The Morgan fingerprint density at radius 3 is 1.94 bits per heavy atom. The molecule has 0 aliphatic rings. The lowest BCUT2D eigenvalue weighted by molar-refractivity contribution is -0.138. The topological polar surface area (TPSA) is 163 Å². The van der Waals surface area contributed by atoms with Crippen molar-refractivity contribution in [2.75, 3.05) is 19.6 Å². The lowest BCUT2D eigenvalue weighted by Gasteiger charge is -2.18. The summed E-state index contributed by atoms with van der Waals surface area (Å²) in [5.74, 6) is -3.19. The average molecular weight is 470 g/mol. The number of carbonyl (C=O) groups is 5. The molecule has 11 heteroatoms. The second-order valence-electron chi connectivity index (χ2n) is 7.11. The van der Waals surface area contributed by atoms with Gasteiger partial charge in [-0.15, -0.1) is 0 Å². The number of aliphatic carboxylic acids is 1. The Morgan fingerprint density at radius 2 is 1.32 bits per heavy atom. The Morgan fingerprint density at radius 1 is 0.735 bits per heavy atom. The molecule has 0 aliphatic heterocycles. The standard InChI is InChI=1S/C23H26N4O7/c28-19(12-26-23(33)34-15-17-9-5-2-6-10-17)24-13-20(29)27-18(22(32)25-14-21(30)31)11-16-7-3-1-4-8-16/h1-10,18H,11-15H2,(H,24,28)(H,25,32)(H,26,33)(H,27,29)(H,30,31)/t18-/m0/s1. The number of carbonyl (C=O) groups excluding carboxylic acids is 4. The molecule has 2 rings (SSSR count). The van der Waals surface area contributed by atoms with Gasteiger partial charge in [-0.05, 0) is 11.1 Å². The Bertz CT molecular complexity index is 983. The Kier molecular flexibility index (Phi) is 10.6. The summed E-state index contributed by atoms with van der Waals surface area (Å²) in [6.07, 6.45) is -0.665. The third kappa shape index (κ3) is 10.3. The molecule has 1 atom stereocenters. The maximum Gasteiger partial charge on any atom is 0.407 e. The number of alkyl carbamates (subject to hydrolysis) is 1. The largest absolute Gasteiger partial charge is 0.480 e. The molecule has 0 unspecified atom stereocenters. The minimum Gasteiger partial charge on any atom is -0.480 e. The third-order valence-corrected chi connectivity index (χ3v) is 4.40. The Balaban J connectivity index is 1.76. The van der Waals surface area contributed by atoms with E-state index in [2.05, 4.69) is 21.3 Å². The van der Waals surface area contributed by atoms with Crippen LogP contribution in [0.3, 0.4) is 0 Å². The van der Waals surface area contributed by atoms with Crippen LogP contribution in [0.15, 0.2) is 60.7 Å². The van der Waals surface area contributed by atoms with Crippen molar-refractivity contribution in [3.63, 3.8) is 0 Å². The highest BCUT2D eigenvalue weighted by Crippen LogP contribution is 2.04. The number of nitrogens with one attached hydrogen (secondary N) is 4. The summed E-state index contributed by atoms with van der Waals surface area (Å²) in [7, 11) is 0. The molecule has 0 saturated heterocycles. The van der Waals surface area contributed by atoms with E-state index in [0.717, 1.165) is 11.1 Å². The second kappa shape index (κ2) is 13.9. The smallest absolute Gasteiger partial charge is 0.407 e. The van der Waals surface area contributed by atoms with E-state index in [0.29, 0.717) is 0 Å². The number of hydrogen-bond acceptors (Lipinski definition) is 6. The fourth-order valence-electron chi connectivity index (χ4n) is 2.76. The first kappa shape index (κ1) is 25.8. The summed E-state index contributed by atoms with van der Waals surface area (Å²) in [4.78, 5) is 58.9. The van der Waals surface area contributed by atoms with Crippen LogP contribution < -0.4 is 21.3 Å². The number of carboxylic acids is 1. The van der Waals surface area contributed by atoms with Crippen LogP contribution in [0.2, 0.25) is 0 Å². The molecule has 0 bridgehead atoms. The summed E-state index contributed by atoms with van der Waals surface area (Å²) in [6, 6.07) is 16.8. The zero-order valence-corrected chi connectivity index (χ0v) is 18.3. The van der Waals surface area contributed by atoms with Crippen LogP contribution in [0.5, 0.6) is 0 Å². The minimum absolute atomic E-state index is 0.0451. The van der Waals surface area contributed by atoms with Gasteiger partial charge in [-0.1, -0.05) is 60.7 Å². The van der Waals surface area contributed by atoms with Crippen LogP contribution in [0.1, 0.15) is 11.1 Å². The molecule has 11 nitrogen and oxygen atoms in total. The fourth-order valence-corrected chi connectivity index (χ4v) is 2.76. The fraction of sp³-hybridized carbons (Fsp3) is 0.261. The lowest BCUT2D eigenvalue weighted by Crippen LogP contribution is -2.51. The van der Waals surface area contributed by atoms with E-state index in [-0.39, 0.29) is 13.0 Å². The molecule has 0 radical (unpaired) electrons. The summed E-state index contributed by atoms with van der Waals surface area (Å²) < 4.78 is 4.98. The second-order valence-corrected chi connectivity index (χ2v) is 7.11. The van der Waals surface area contributed by atoms with E-state index >= 15 is 0 Å². The minimum atomic E-state index is -1.22. The van der Waals surface area contributed by atoms with Gasteiger partial charge in [-0.2, -0.15) is 0 Å². The van der Waals surface area contributed by atoms with Gasteiger partial charge < -0.3 is 31.1 Å². The molecule has 0 spiro atoms. The molecule has 0 saturated carbocycles. The highest BCUT2D eigenvalue weighted by atomic mass is 16.5. The molecular formula is C23H26N4O7. The van der Waals surface area contributed by atoms with Gasteiger partial charge in [0.05, 0.1) is 6.54 Å². The first-order valence-corrected chi connectivity index (χ1v) is 10.4. The molecule has 34 heavy (non-hydrogen) atoms. The van der Waals surface area contributed by atoms with E-state index in [1.807, 2.05) is 6.07 Å². The molecule has 5 N–H and O–H groups in total. The monoisotopic (exact) mass is 470 g/mol. The van der Waals surface area contributed by atoms with Crippen molar-refractivity contribution in [1.29, 1.82) is 0 Å². The first-order chi connectivity index (χ1) is 16.3. The van der Waals surface area contributed by atoms with Crippen LogP contribution in [0.25, 0.3) is 0 Å². The van der Waals surface area contributed by atoms with Gasteiger partial charge in [0, 0.05) is 6.42 Å². The summed E-state index contributed by atoms with van der Waals surface area (Å²) in [5.41, 5.74) is 1.54. The maximum absolute atomic E-state index is 12.3. The van der Waals surface area contributed by atoms with E-state index in [4.69, 9.17) is 9.84 Å². The summed E-state index contributed by atoms with van der Waals surface area (Å²) in [6.45, 7) is -1.41. The molecule has 2 aromatic carbocycles. The third-order valence-electron chi connectivity index (χ3n) is 4.40. The SMILES string of the molecule is O=C(O)CNC(=O)[C@H](Cc1ccccc1)NC(=O)CNC(=O)CNC(=O)OCc1ccccc1. The highest BCUT2D eigenvalue weighted by molar-refractivity contribution is 5.92. The van der Waals surface area contributed by atoms with Gasteiger partial charge in [0.15, 0.2) is 0 Å². The summed E-state index contributed by atoms with van der Waals surface area (Å²) >= 11 is 0. The van der Waals surface area contributed by atoms with Crippen LogP contribution in [0.4, 0.5) is 4.79 Å². The van der Waals surface area contributed by atoms with Crippen molar-refractivity contribution in [2.45, 2.75) is 19.1 Å². The number of rotatable bonds is 12. The molecule has 180 valence electrons. The number of carboxylic acid groups (broad SMARTS) is 1. The molecule has 0 aliphatic carbocycles. The first-order valence-electron chi connectivity index (χ1n) is 10.4.